The number of carbonyl (C=O) groups excluding carboxylic acids is 2. The maximum atomic E-state index is 14.5. The standard InChI is InChI=1S/C29H21Cl3F4N8O2/c1-14-8-17(31)9-21(27(46)38-15(2)19-6-5-16(30)10-23(19)33)20(14)12-25(45)24-11-18(13-43-41-28(39-42-43)29(34,35)36)40-44(24)26-22(32)4-3-7-37-26/h3-11,15H,12-13H2,1-2H3,(H,38,46). The quantitative estimate of drug-likeness (QED) is 0.136. The van der Waals surface area contributed by atoms with Crippen molar-refractivity contribution in [1.29, 1.82) is 0 Å². The van der Waals surface area contributed by atoms with E-state index in [0.717, 1.165) is 10.7 Å². The fourth-order valence-electron chi connectivity index (χ4n) is 4.64. The zero-order valence-electron chi connectivity index (χ0n) is 23.8. The fourth-order valence-corrected chi connectivity index (χ4v) is 5.27. The number of amides is 1. The Kier molecular flexibility index (Phi) is 9.42. The minimum Gasteiger partial charge on any atom is -0.345 e. The van der Waals surface area contributed by atoms with Crippen LogP contribution in [0.15, 0.2) is 54.7 Å². The van der Waals surface area contributed by atoms with Crippen molar-refractivity contribution in [2.45, 2.75) is 39.0 Å². The number of nitrogens with zero attached hydrogens (tertiary/aromatic N) is 7. The smallest absolute Gasteiger partial charge is 0.345 e. The molecule has 0 spiro atoms. The van der Waals surface area contributed by atoms with E-state index in [9.17, 15) is 27.2 Å². The van der Waals surface area contributed by atoms with Gasteiger partial charge in [0.2, 0.25) is 0 Å². The van der Waals surface area contributed by atoms with Crippen LogP contribution in [0, 0.1) is 12.7 Å². The predicted octanol–water partition coefficient (Wildman–Crippen LogP) is 6.65. The molecule has 0 bridgehead atoms. The lowest BCUT2D eigenvalue weighted by Gasteiger charge is -2.18. The van der Waals surface area contributed by atoms with E-state index in [1.807, 2.05) is 0 Å². The summed E-state index contributed by atoms with van der Waals surface area (Å²) < 4.78 is 54.7. The SMILES string of the molecule is Cc1cc(Cl)cc(C(=O)NC(C)c2ccc(Cl)cc2F)c1CC(=O)c1cc(Cn2nnc(C(F)(F)F)n2)nn1-c1ncccc1Cl. The molecule has 1 N–H and O–H groups in total. The lowest BCUT2D eigenvalue weighted by Crippen LogP contribution is -2.29. The highest BCUT2D eigenvalue weighted by molar-refractivity contribution is 6.32. The average Bonchev–Trinajstić information content (AvgIpc) is 3.62. The Hall–Kier alpha value is -4.40. The molecule has 5 aromatic rings. The number of rotatable bonds is 9. The number of pyridine rings is 1. The first-order valence-electron chi connectivity index (χ1n) is 13.3. The summed E-state index contributed by atoms with van der Waals surface area (Å²) in [5, 5.41) is 17.4. The molecule has 0 aliphatic carbocycles. The molecule has 0 aliphatic heterocycles. The Morgan fingerprint density at radius 2 is 1.78 bits per heavy atom. The molecule has 0 radical (unpaired) electrons. The Morgan fingerprint density at radius 3 is 2.46 bits per heavy atom. The topological polar surface area (TPSA) is 120 Å². The summed E-state index contributed by atoms with van der Waals surface area (Å²) in [4.78, 5) is 32.3. The van der Waals surface area contributed by atoms with Crippen LogP contribution >= 0.6 is 34.8 Å². The molecule has 1 unspecified atom stereocenters. The van der Waals surface area contributed by atoms with Crippen LogP contribution in [0.4, 0.5) is 17.6 Å². The normalized spacial score (nSPS) is 12.3. The molecule has 3 aromatic heterocycles. The van der Waals surface area contributed by atoms with Crippen molar-refractivity contribution in [3.8, 4) is 5.82 Å². The second-order valence-corrected chi connectivity index (χ2v) is 11.4. The summed E-state index contributed by atoms with van der Waals surface area (Å²) >= 11 is 18.5. The van der Waals surface area contributed by atoms with Crippen LogP contribution < -0.4 is 5.32 Å². The Balaban J connectivity index is 1.48. The highest BCUT2D eigenvalue weighted by Crippen LogP contribution is 2.28. The molecule has 1 amide bonds. The van der Waals surface area contributed by atoms with Crippen LogP contribution in [0.2, 0.25) is 15.1 Å². The molecular formula is C29H21Cl3F4N8O2. The van der Waals surface area contributed by atoms with Crippen molar-refractivity contribution >= 4 is 46.5 Å². The highest BCUT2D eigenvalue weighted by atomic mass is 35.5. The molecule has 5 rings (SSSR count). The van der Waals surface area contributed by atoms with Gasteiger partial charge in [-0.15, -0.1) is 10.2 Å². The van der Waals surface area contributed by atoms with E-state index in [0.29, 0.717) is 15.9 Å². The van der Waals surface area contributed by atoms with Gasteiger partial charge in [0.15, 0.2) is 11.6 Å². The first kappa shape index (κ1) is 33.0. The molecule has 238 valence electrons. The molecular weight excluding hydrogens is 675 g/mol. The van der Waals surface area contributed by atoms with Gasteiger partial charge in [-0.3, -0.25) is 9.59 Å². The highest BCUT2D eigenvalue weighted by Gasteiger charge is 2.37. The number of hydrogen-bond acceptors (Lipinski definition) is 7. The zero-order valence-corrected chi connectivity index (χ0v) is 26.0. The summed E-state index contributed by atoms with van der Waals surface area (Å²) in [5.41, 5.74) is 1.18. The Morgan fingerprint density at radius 1 is 1.02 bits per heavy atom. The third-order valence-corrected chi connectivity index (χ3v) is 7.54. The number of aryl methyl sites for hydroxylation is 1. The molecule has 17 heteroatoms. The fraction of sp³-hybridized carbons (Fsp3) is 0.207. The second kappa shape index (κ2) is 13.1. The number of carbonyl (C=O) groups is 2. The van der Waals surface area contributed by atoms with Crippen LogP contribution in [0.25, 0.3) is 5.82 Å². The number of aromatic nitrogens is 7. The second-order valence-electron chi connectivity index (χ2n) is 10.1. The maximum absolute atomic E-state index is 14.5. The van der Waals surface area contributed by atoms with Gasteiger partial charge in [-0.2, -0.15) is 23.1 Å². The number of nitrogens with one attached hydrogen (secondary N) is 1. The minimum atomic E-state index is -4.80. The summed E-state index contributed by atoms with van der Waals surface area (Å²) in [5.74, 6) is -3.13. The number of ketones is 1. The predicted molar refractivity (Wildman–Crippen MR) is 160 cm³/mol. The first-order valence-corrected chi connectivity index (χ1v) is 14.5. The van der Waals surface area contributed by atoms with Crippen LogP contribution in [0.1, 0.15) is 62.0 Å². The monoisotopic (exact) mass is 694 g/mol. The molecule has 0 saturated heterocycles. The molecule has 3 heterocycles. The number of hydrogen-bond donors (Lipinski definition) is 1. The van der Waals surface area contributed by atoms with Gasteiger partial charge < -0.3 is 5.32 Å². The van der Waals surface area contributed by atoms with Crippen LogP contribution in [0.3, 0.4) is 0 Å². The number of alkyl halides is 3. The Labute approximate surface area is 273 Å². The van der Waals surface area contributed by atoms with Crippen LogP contribution in [-0.4, -0.2) is 46.7 Å². The van der Waals surface area contributed by atoms with E-state index in [4.69, 9.17) is 34.8 Å². The minimum absolute atomic E-state index is 0.0379. The van der Waals surface area contributed by atoms with Gasteiger partial charge in [-0.05, 0) is 72.7 Å². The molecule has 2 aromatic carbocycles. The van der Waals surface area contributed by atoms with Gasteiger partial charge in [-0.1, -0.05) is 40.9 Å². The zero-order chi connectivity index (χ0) is 33.3. The summed E-state index contributed by atoms with van der Waals surface area (Å²) in [6.07, 6.45) is -3.71. The van der Waals surface area contributed by atoms with Crippen LogP contribution in [-0.2, 0) is 19.1 Å². The molecule has 0 fully saturated rings. The van der Waals surface area contributed by atoms with Crippen molar-refractivity contribution < 1.29 is 27.2 Å². The number of Topliss-reactive ketones (excluding diaryl/α,β-unsaturated/α-hetero) is 1. The van der Waals surface area contributed by atoms with Crippen molar-refractivity contribution in [3.05, 3.63) is 115 Å². The van der Waals surface area contributed by atoms with Crippen molar-refractivity contribution in [1.82, 2.24) is 40.3 Å². The van der Waals surface area contributed by atoms with Gasteiger partial charge in [0, 0.05) is 33.8 Å². The molecule has 46 heavy (non-hydrogen) atoms. The van der Waals surface area contributed by atoms with Gasteiger partial charge in [0.25, 0.3) is 11.7 Å². The van der Waals surface area contributed by atoms with Gasteiger partial charge in [-0.25, -0.2) is 14.1 Å². The first-order chi connectivity index (χ1) is 21.7. The number of benzene rings is 2. The van der Waals surface area contributed by atoms with E-state index in [1.165, 1.54) is 36.5 Å². The van der Waals surface area contributed by atoms with E-state index in [2.05, 4.69) is 30.8 Å². The summed E-state index contributed by atoms with van der Waals surface area (Å²) in [6.45, 7) is 2.89. The third-order valence-electron chi connectivity index (χ3n) is 6.79. The summed E-state index contributed by atoms with van der Waals surface area (Å²) in [6, 6.07) is 10.7. The largest absolute Gasteiger partial charge is 0.455 e. The maximum Gasteiger partial charge on any atom is 0.455 e. The average molecular weight is 696 g/mol. The van der Waals surface area contributed by atoms with E-state index >= 15 is 0 Å². The Bertz CT molecular complexity index is 1960. The number of halogens is 7. The van der Waals surface area contributed by atoms with E-state index in [1.54, 1.807) is 26.0 Å². The third kappa shape index (κ3) is 7.19. The van der Waals surface area contributed by atoms with E-state index < -0.39 is 35.6 Å². The van der Waals surface area contributed by atoms with Crippen molar-refractivity contribution in [2.24, 2.45) is 0 Å². The van der Waals surface area contributed by atoms with Crippen molar-refractivity contribution in [3.63, 3.8) is 0 Å². The molecule has 10 nitrogen and oxygen atoms in total. The van der Waals surface area contributed by atoms with Gasteiger partial charge in [0.05, 0.1) is 16.8 Å². The van der Waals surface area contributed by atoms with E-state index in [-0.39, 0.29) is 56.4 Å². The van der Waals surface area contributed by atoms with Crippen molar-refractivity contribution in [2.75, 3.05) is 0 Å². The molecule has 1 atom stereocenters. The molecule has 0 aliphatic rings. The van der Waals surface area contributed by atoms with Gasteiger partial charge >= 0.3 is 6.18 Å². The van der Waals surface area contributed by atoms with Gasteiger partial charge in [0.1, 0.15) is 18.1 Å². The molecule has 0 saturated carbocycles. The lowest BCUT2D eigenvalue weighted by molar-refractivity contribution is -0.145. The number of tetrazole rings is 1. The summed E-state index contributed by atoms with van der Waals surface area (Å²) in [7, 11) is 0. The van der Waals surface area contributed by atoms with Crippen LogP contribution in [0.5, 0.6) is 0 Å². The lowest BCUT2D eigenvalue weighted by atomic mass is 9.95.